The lowest BCUT2D eigenvalue weighted by Gasteiger charge is -2.34. The standard InChI is InChI=1S/C22H34N4O2/c1-6-10-23-20(27)15-25-11-13-26(14-12-25)22(28)24-21-18(16(2)3)8-7-9-19(21)17(4)5/h6-9,16-17H,1,10-15H2,2-5H3,(H,23,27)(H,24,28). The molecular formula is C22H34N4O2. The number of para-hydroxylation sites is 1. The van der Waals surface area contributed by atoms with Crippen LogP contribution >= 0.6 is 0 Å². The molecule has 1 aromatic carbocycles. The first kappa shape index (κ1) is 22.0. The van der Waals surface area contributed by atoms with E-state index in [0.29, 0.717) is 51.1 Å². The molecule has 0 saturated carbocycles. The molecule has 0 radical (unpaired) electrons. The van der Waals surface area contributed by atoms with Gasteiger partial charge in [0.25, 0.3) is 0 Å². The maximum Gasteiger partial charge on any atom is 0.321 e. The average Bonchev–Trinajstić information content (AvgIpc) is 2.66. The van der Waals surface area contributed by atoms with Crippen LogP contribution in [0.4, 0.5) is 10.5 Å². The fraction of sp³-hybridized carbons (Fsp3) is 0.545. The van der Waals surface area contributed by atoms with Gasteiger partial charge in [0.05, 0.1) is 6.54 Å². The number of carbonyl (C=O) groups is 2. The SMILES string of the molecule is C=CCNC(=O)CN1CCN(C(=O)Nc2c(C(C)C)cccc2C(C)C)CC1. The number of urea groups is 1. The lowest BCUT2D eigenvalue weighted by Crippen LogP contribution is -2.52. The second kappa shape index (κ2) is 10.3. The van der Waals surface area contributed by atoms with E-state index in [1.54, 1.807) is 6.08 Å². The van der Waals surface area contributed by atoms with E-state index in [2.05, 4.69) is 68.0 Å². The van der Waals surface area contributed by atoms with Crippen molar-refractivity contribution in [1.29, 1.82) is 0 Å². The molecule has 1 fully saturated rings. The molecule has 0 bridgehead atoms. The number of piperazine rings is 1. The summed E-state index contributed by atoms with van der Waals surface area (Å²) in [5.74, 6) is 0.657. The third-order valence-corrected chi connectivity index (χ3v) is 5.08. The van der Waals surface area contributed by atoms with Crippen molar-refractivity contribution in [2.45, 2.75) is 39.5 Å². The molecule has 0 aliphatic carbocycles. The van der Waals surface area contributed by atoms with Crippen LogP contribution in [0.15, 0.2) is 30.9 Å². The van der Waals surface area contributed by atoms with Crippen LogP contribution in [0.3, 0.4) is 0 Å². The zero-order valence-electron chi connectivity index (χ0n) is 17.6. The molecule has 1 heterocycles. The van der Waals surface area contributed by atoms with E-state index in [-0.39, 0.29) is 11.9 Å². The molecule has 3 amide bonds. The van der Waals surface area contributed by atoms with Crippen molar-refractivity contribution in [3.05, 3.63) is 42.0 Å². The number of amides is 3. The quantitative estimate of drug-likeness (QED) is 0.706. The first-order valence-corrected chi connectivity index (χ1v) is 10.1. The topological polar surface area (TPSA) is 64.7 Å². The van der Waals surface area contributed by atoms with E-state index in [0.717, 1.165) is 16.8 Å². The highest BCUT2D eigenvalue weighted by atomic mass is 16.2. The minimum Gasteiger partial charge on any atom is -0.352 e. The second-order valence-corrected chi connectivity index (χ2v) is 7.91. The Kier molecular flexibility index (Phi) is 8.05. The molecule has 0 atom stereocenters. The Hall–Kier alpha value is -2.34. The monoisotopic (exact) mass is 386 g/mol. The summed E-state index contributed by atoms with van der Waals surface area (Å²) in [4.78, 5) is 28.6. The summed E-state index contributed by atoms with van der Waals surface area (Å²) in [7, 11) is 0. The van der Waals surface area contributed by atoms with E-state index in [4.69, 9.17) is 0 Å². The van der Waals surface area contributed by atoms with Crippen LogP contribution in [0.1, 0.15) is 50.7 Å². The van der Waals surface area contributed by atoms with Crippen molar-refractivity contribution < 1.29 is 9.59 Å². The Morgan fingerprint density at radius 3 is 2.14 bits per heavy atom. The summed E-state index contributed by atoms with van der Waals surface area (Å²) < 4.78 is 0. The van der Waals surface area contributed by atoms with Crippen molar-refractivity contribution in [3.8, 4) is 0 Å². The Bertz CT molecular complexity index is 666. The zero-order chi connectivity index (χ0) is 20.7. The molecule has 6 nitrogen and oxygen atoms in total. The summed E-state index contributed by atoms with van der Waals surface area (Å²) >= 11 is 0. The van der Waals surface area contributed by atoms with E-state index < -0.39 is 0 Å². The maximum atomic E-state index is 12.9. The average molecular weight is 387 g/mol. The van der Waals surface area contributed by atoms with Crippen molar-refractivity contribution in [2.75, 3.05) is 44.6 Å². The van der Waals surface area contributed by atoms with Gasteiger partial charge in [0.1, 0.15) is 0 Å². The Morgan fingerprint density at radius 2 is 1.64 bits per heavy atom. The highest BCUT2D eigenvalue weighted by Crippen LogP contribution is 2.32. The Labute approximate surface area is 169 Å². The summed E-state index contributed by atoms with van der Waals surface area (Å²) in [6.07, 6.45) is 1.67. The molecule has 1 aromatic rings. The highest BCUT2D eigenvalue weighted by Gasteiger charge is 2.24. The van der Waals surface area contributed by atoms with Crippen LogP contribution in [-0.4, -0.2) is 61.0 Å². The number of carbonyl (C=O) groups excluding carboxylic acids is 2. The lowest BCUT2D eigenvalue weighted by molar-refractivity contribution is -0.122. The van der Waals surface area contributed by atoms with Crippen molar-refractivity contribution in [1.82, 2.24) is 15.1 Å². The van der Waals surface area contributed by atoms with Crippen LogP contribution in [0.25, 0.3) is 0 Å². The van der Waals surface area contributed by atoms with Crippen molar-refractivity contribution >= 4 is 17.6 Å². The first-order valence-electron chi connectivity index (χ1n) is 10.1. The number of benzene rings is 1. The fourth-order valence-corrected chi connectivity index (χ4v) is 3.44. The molecule has 0 aromatic heterocycles. The van der Waals surface area contributed by atoms with E-state index in [9.17, 15) is 9.59 Å². The normalized spacial score (nSPS) is 15.0. The summed E-state index contributed by atoms with van der Waals surface area (Å²) in [5, 5.41) is 5.96. The van der Waals surface area contributed by atoms with Crippen molar-refractivity contribution in [3.63, 3.8) is 0 Å². The predicted octanol–water partition coefficient (Wildman–Crippen LogP) is 3.39. The molecule has 6 heteroatoms. The molecule has 2 N–H and O–H groups in total. The minimum atomic E-state index is -0.0641. The van der Waals surface area contributed by atoms with Gasteiger partial charge >= 0.3 is 6.03 Å². The van der Waals surface area contributed by atoms with Crippen LogP contribution in [-0.2, 0) is 4.79 Å². The number of hydrogen-bond donors (Lipinski definition) is 2. The van der Waals surface area contributed by atoms with Gasteiger partial charge in [0, 0.05) is 38.4 Å². The van der Waals surface area contributed by atoms with Crippen molar-refractivity contribution in [2.24, 2.45) is 0 Å². The number of anilines is 1. The Morgan fingerprint density at radius 1 is 1.07 bits per heavy atom. The van der Waals surface area contributed by atoms with E-state index >= 15 is 0 Å². The summed E-state index contributed by atoms with van der Waals surface area (Å²) in [5.41, 5.74) is 3.28. The molecule has 154 valence electrons. The molecule has 1 aliphatic rings. The van der Waals surface area contributed by atoms with E-state index in [1.807, 2.05) is 4.90 Å². The molecule has 1 saturated heterocycles. The molecule has 2 rings (SSSR count). The van der Waals surface area contributed by atoms with Gasteiger partial charge in [-0.15, -0.1) is 6.58 Å². The number of nitrogens with zero attached hydrogens (tertiary/aromatic N) is 2. The van der Waals surface area contributed by atoms with Crippen LogP contribution < -0.4 is 10.6 Å². The smallest absolute Gasteiger partial charge is 0.321 e. The summed E-state index contributed by atoms with van der Waals surface area (Å²) in [6, 6.07) is 6.18. The molecule has 1 aliphatic heterocycles. The number of nitrogens with one attached hydrogen (secondary N) is 2. The zero-order valence-corrected chi connectivity index (χ0v) is 17.6. The lowest BCUT2D eigenvalue weighted by atomic mass is 9.93. The maximum absolute atomic E-state index is 12.9. The third-order valence-electron chi connectivity index (χ3n) is 5.08. The molecule has 0 unspecified atom stereocenters. The van der Waals surface area contributed by atoms with Crippen LogP contribution in [0.5, 0.6) is 0 Å². The summed E-state index contributed by atoms with van der Waals surface area (Å²) in [6.45, 7) is 15.6. The number of hydrogen-bond acceptors (Lipinski definition) is 3. The van der Waals surface area contributed by atoms with E-state index in [1.165, 1.54) is 0 Å². The number of rotatable bonds is 7. The third kappa shape index (κ3) is 5.83. The molecule has 28 heavy (non-hydrogen) atoms. The minimum absolute atomic E-state index is 0.00904. The van der Waals surface area contributed by atoms with Gasteiger partial charge in [-0.1, -0.05) is 52.0 Å². The largest absolute Gasteiger partial charge is 0.352 e. The van der Waals surface area contributed by atoms with Gasteiger partial charge in [-0.05, 0) is 23.0 Å². The highest BCUT2D eigenvalue weighted by molar-refractivity contribution is 5.91. The van der Waals surface area contributed by atoms with Gasteiger partial charge in [-0.2, -0.15) is 0 Å². The van der Waals surface area contributed by atoms with Crippen LogP contribution in [0.2, 0.25) is 0 Å². The van der Waals surface area contributed by atoms with Gasteiger partial charge in [0.15, 0.2) is 0 Å². The molecule has 0 spiro atoms. The van der Waals surface area contributed by atoms with Gasteiger partial charge in [-0.25, -0.2) is 4.79 Å². The van der Waals surface area contributed by atoms with Gasteiger partial charge in [-0.3, -0.25) is 9.69 Å². The van der Waals surface area contributed by atoms with Gasteiger partial charge in [0.2, 0.25) is 5.91 Å². The Balaban J connectivity index is 1.98. The van der Waals surface area contributed by atoms with Crippen LogP contribution in [0, 0.1) is 0 Å². The van der Waals surface area contributed by atoms with Gasteiger partial charge < -0.3 is 15.5 Å². The predicted molar refractivity (Wildman–Crippen MR) is 115 cm³/mol. The second-order valence-electron chi connectivity index (χ2n) is 7.91. The molecular weight excluding hydrogens is 352 g/mol. The fourth-order valence-electron chi connectivity index (χ4n) is 3.44. The first-order chi connectivity index (χ1) is 13.3.